The minimum absolute atomic E-state index is 0.232. The van der Waals surface area contributed by atoms with Gasteiger partial charge in [0.1, 0.15) is 11.9 Å². The number of aromatic nitrogens is 2. The fourth-order valence-electron chi connectivity index (χ4n) is 3.09. The van der Waals surface area contributed by atoms with Crippen LogP contribution in [0, 0.1) is 0 Å². The van der Waals surface area contributed by atoms with Crippen LogP contribution in [0.25, 0.3) is 11.0 Å². The Morgan fingerprint density at radius 2 is 2.07 bits per heavy atom. The maximum atomic E-state index is 11.7. The van der Waals surface area contributed by atoms with Gasteiger partial charge in [-0.15, -0.1) is 0 Å². The smallest absolute Gasteiger partial charge is 0.384 e. The average molecular weight is 428 g/mol. The molecular formula is C20H27F3N4O3. The zero-order valence-electron chi connectivity index (χ0n) is 17.0. The summed E-state index contributed by atoms with van der Waals surface area (Å²) in [5, 5.41) is 3.72. The third-order valence-corrected chi connectivity index (χ3v) is 4.79. The van der Waals surface area contributed by atoms with E-state index in [0.717, 1.165) is 36.3 Å². The SMILES string of the molecule is COCCc1ccc2nc(C[C@@H](C)OC3CC3)[nH]c2c1.O=C1NCC(C(F)(F)F)N1. The molecule has 4 rings (SSSR count). The number of urea groups is 1. The largest absolute Gasteiger partial charge is 0.410 e. The summed E-state index contributed by atoms with van der Waals surface area (Å²) in [4.78, 5) is 18.2. The molecule has 7 nitrogen and oxygen atoms in total. The fourth-order valence-corrected chi connectivity index (χ4v) is 3.09. The predicted molar refractivity (Wildman–Crippen MR) is 105 cm³/mol. The van der Waals surface area contributed by atoms with Crippen molar-refractivity contribution >= 4 is 17.1 Å². The van der Waals surface area contributed by atoms with Crippen molar-refractivity contribution in [3.05, 3.63) is 29.6 Å². The van der Waals surface area contributed by atoms with E-state index in [1.54, 1.807) is 12.4 Å². The first kappa shape index (κ1) is 22.4. The molecule has 3 N–H and O–H groups in total. The van der Waals surface area contributed by atoms with Crippen LogP contribution in [0.15, 0.2) is 18.2 Å². The minimum Gasteiger partial charge on any atom is -0.384 e. The first-order chi connectivity index (χ1) is 14.2. The Morgan fingerprint density at radius 3 is 2.63 bits per heavy atom. The van der Waals surface area contributed by atoms with Crippen LogP contribution >= 0.6 is 0 Å². The number of alkyl halides is 3. The first-order valence-electron chi connectivity index (χ1n) is 9.97. The number of H-pyrrole nitrogens is 1. The standard InChI is InChI=1S/C16H22N2O2.C4H5F3N2O/c1-11(20-13-4-5-13)9-16-17-14-6-3-12(7-8-19-2)10-15(14)18-16;5-4(6,7)2-1-8-3(10)9-2/h3,6,10-11,13H,4-5,7-9H2,1-2H3,(H,17,18);2H,1H2,(H2,8,9,10)/t11-;/m1./s1. The normalized spacial score (nSPS) is 19.8. The summed E-state index contributed by atoms with van der Waals surface area (Å²) in [6.07, 6.45) is 0.603. The van der Waals surface area contributed by atoms with Gasteiger partial charge in [-0.2, -0.15) is 13.2 Å². The number of halogens is 3. The van der Waals surface area contributed by atoms with Crippen LogP contribution in [0.1, 0.15) is 31.2 Å². The van der Waals surface area contributed by atoms with E-state index in [-0.39, 0.29) is 12.6 Å². The number of carbonyl (C=O) groups excluding carboxylic acids is 1. The van der Waals surface area contributed by atoms with E-state index in [1.165, 1.54) is 18.4 Å². The Morgan fingerprint density at radius 1 is 1.30 bits per heavy atom. The van der Waals surface area contributed by atoms with Gasteiger partial charge in [-0.25, -0.2) is 9.78 Å². The Hall–Kier alpha value is -2.33. The van der Waals surface area contributed by atoms with E-state index < -0.39 is 18.2 Å². The molecule has 0 bridgehead atoms. The molecule has 2 fully saturated rings. The molecule has 2 aromatic rings. The maximum absolute atomic E-state index is 11.7. The van der Waals surface area contributed by atoms with Crippen LogP contribution in [0.5, 0.6) is 0 Å². The van der Waals surface area contributed by atoms with Crippen LogP contribution in [-0.4, -0.2) is 60.7 Å². The number of hydrogen-bond acceptors (Lipinski definition) is 4. The highest BCUT2D eigenvalue weighted by molar-refractivity contribution is 5.76. The molecule has 1 saturated carbocycles. The summed E-state index contributed by atoms with van der Waals surface area (Å²) >= 11 is 0. The molecule has 0 radical (unpaired) electrons. The summed E-state index contributed by atoms with van der Waals surface area (Å²) in [6, 6.07) is 3.88. The molecule has 166 valence electrons. The lowest BCUT2D eigenvalue weighted by molar-refractivity contribution is -0.148. The molecule has 1 saturated heterocycles. The van der Waals surface area contributed by atoms with Gasteiger partial charge in [0, 0.05) is 20.1 Å². The quantitative estimate of drug-likeness (QED) is 0.633. The number of aromatic amines is 1. The van der Waals surface area contributed by atoms with Gasteiger partial charge in [-0.1, -0.05) is 6.07 Å². The van der Waals surface area contributed by atoms with Gasteiger partial charge < -0.3 is 25.1 Å². The van der Waals surface area contributed by atoms with Crippen molar-refractivity contribution in [2.45, 2.75) is 57.0 Å². The van der Waals surface area contributed by atoms with E-state index in [2.05, 4.69) is 35.1 Å². The Kier molecular flexibility index (Phi) is 7.19. The fraction of sp³-hybridized carbons (Fsp3) is 0.600. The number of fused-ring (bicyclic) bond motifs is 1. The third-order valence-electron chi connectivity index (χ3n) is 4.79. The molecular weight excluding hydrogens is 401 g/mol. The van der Waals surface area contributed by atoms with Gasteiger partial charge in [0.05, 0.1) is 29.8 Å². The molecule has 30 heavy (non-hydrogen) atoms. The molecule has 1 aliphatic carbocycles. The Balaban J connectivity index is 0.000000216. The predicted octanol–water partition coefficient (Wildman–Crippen LogP) is 3.09. The molecule has 1 aromatic heterocycles. The molecule has 10 heteroatoms. The lowest BCUT2D eigenvalue weighted by Crippen LogP contribution is -2.40. The summed E-state index contributed by atoms with van der Waals surface area (Å²) in [6.45, 7) is 2.50. The molecule has 2 amide bonds. The van der Waals surface area contributed by atoms with Crippen molar-refractivity contribution in [2.24, 2.45) is 0 Å². The summed E-state index contributed by atoms with van der Waals surface area (Å²) in [7, 11) is 1.73. The van der Waals surface area contributed by atoms with Gasteiger partial charge in [-0.05, 0) is 43.9 Å². The maximum Gasteiger partial charge on any atom is 0.410 e. The van der Waals surface area contributed by atoms with Gasteiger partial charge in [0.15, 0.2) is 0 Å². The number of methoxy groups -OCH3 is 1. The lowest BCUT2D eigenvalue weighted by Gasteiger charge is -2.11. The molecule has 0 spiro atoms. The Bertz CT molecular complexity index is 851. The second kappa shape index (κ2) is 9.65. The zero-order valence-corrected chi connectivity index (χ0v) is 17.0. The van der Waals surface area contributed by atoms with Crippen molar-refractivity contribution in [1.29, 1.82) is 0 Å². The number of hydrogen-bond donors (Lipinski definition) is 3. The van der Waals surface area contributed by atoms with Crippen molar-refractivity contribution < 1.29 is 27.4 Å². The minimum atomic E-state index is -4.33. The number of nitrogens with one attached hydrogen (secondary N) is 3. The second-order valence-corrected chi connectivity index (χ2v) is 7.58. The number of rotatable bonds is 7. The van der Waals surface area contributed by atoms with E-state index in [4.69, 9.17) is 9.47 Å². The highest BCUT2D eigenvalue weighted by Crippen LogP contribution is 2.26. The van der Waals surface area contributed by atoms with Crippen LogP contribution in [-0.2, 0) is 22.3 Å². The number of carbonyl (C=O) groups is 1. The number of benzene rings is 1. The van der Waals surface area contributed by atoms with E-state index in [0.29, 0.717) is 6.10 Å². The first-order valence-corrected chi connectivity index (χ1v) is 9.97. The second-order valence-electron chi connectivity index (χ2n) is 7.58. The molecule has 2 heterocycles. The van der Waals surface area contributed by atoms with Crippen LogP contribution < -0.4 is 10.6 Å². The summed E-state index contributed by atoms with van der Waals surface area (Å²) in [5.41, 5.74) is 3.41. The highest BCUT2D eigenvalue weighted by atomic mass is 19.4. The summed E-state index contributed by atoms with van der Waals surface area (Å²) in [5.74, 6) is 1.01. The highest BCUT2D eigenvalue weighted by Gasteiger charge is 2.43. The number of ether oxygens (including phenoxy) is 2. The Labute approximate surface area is 172 Å². The van der Waals surface area contributed by atoms with Crippen LogP contribution in [0.2, 0.25) is 0 Å². The average Bonchev–Trinajstić information content (AvgIpc) is 3.21. The van der Waals surface area contributed by atoms with Crippen molar-refractivity contribution in [3.63, 3.8) is 0 Å². The topological polar surface area (TPSA) is 88.3 Å². The van der Waals surface area contributed by atoms with Crippen molar-refractivity contribution in [2.75, 3.05) is 20.3 Å². The van der Waals surface area contributed by atoms with Crippen molar-refractivity contribution in [1.82, 2.24) is 20.6 Å². The van der Waals surface area contributed by atoms with Gasteiger partial charge >= 0.3 is 12.2 Å². The van der Waals surface area contributed by atoms with Gasteiger partial charge in [0.2, 0.25) is 0 Å². The molecule has 1 aromatic carbocycles. The van der Waals surface area contributed by atoms with E-state index in [1.807, 2.05) is 5.32 Å². The molecule has 2 aliphatic rings. The molecule has 1 unspecified atom stereocenters. The zero-order chi connectivity index (χ0) is 21.7. The molecule has 2 atom stereocenters. The number of amides is 2. The lowest BCUT2D eigenvalue weighted by atomic mass is 10.1. The van der Waals surface area contributed by atoms with E-state index >= 15 is 0 Å². The van der Waals surface area contributed by atoms with Crippen molar-refractivity contribution in [3.8, 4) is 0 Å². The van der Waals surface area contributed by atoms with Gasteiger partial charge in [-0.3, -0.25) is 0 Å². The summed E-state index contributed by atoms with van der Waals surface area (Å²) < 4.78 is 46.0. The van der Waals surface area contributed by atoms with Gasteiger partial charge in [0.25, 0.3) is 0 Å². The van der Waals surface area contributed by atoms with E-state index in [9.17, 15) is 18.0 Å². The number of nitrogens with zero attached hydrogens (tertiary/aromatic N) is 1. The number of imidazole rings is 1. The van der Waals surface area contributed by atoms with Crippen LogP contribution in [0.4, 0.5) is 18.0 Å². The van der Waals surface area contributed by atoms with Crippen LogP contribution in [0.3, 0.4) is 0 Å². The monoisotopic (exact) mass is 428 g/mol. The molecule has 1 aliphatic heterocycles. The third kappa shape index (κ3) is 6.60.